The number of hydrogen-bond acceptors (Lipinski definition) is 1. The van der Waals surface area contributed by atoms with E-state index in [4.69, 9.17) is 0 Å². The molecule has 0 amide bonds. The minimum atomic E-state index is 0. The molecule has 0 aliphatic carbocycles. The molecule has 0 aliphatic rings. The quantitative estimate of drug-likeness (QED) is 0.0566. The van der Waals surface area contributed by atoms with Gasteiger partial charge in [-0.25, -0.2) is 0 Å². The highest BCUT2D eigenvalue weighted by atomic mass is 79.9. The van der Waals surface area contributed by atoms with Crippen molar-refractivity contribution in [2.45, 2.75) is 237 Å². The smallest absolute Gasteiger partial charge is 0.0145 e. The van der Waals surface area contributed by atoms with Crippen LogP contribution in [-0.4, -0.2) is 4.83 Å². The summed E-state index contributed by atoms with van der Waals surface area (Å²) >= 11 is 3.97. The minimum absolute atomic E-state index is 0. The molecule has 0 aromatic heterocycles. The molecule has 0 bridgehead atoms. The van der Waals surface area contributed by atoms with Crippen LogP contribution in [0.15, 0.2) is 0 Å². The first-order valence-corrected chi connectivity index (χ1v) is 19.4. The van der Waals surface area contributed by atoms with Crippen molar-refractivity contribution in [1.82, 2.24) is 6.15 Å². The predicted molar refractivity (Wildman–Crippen MR) is 186 cm³/mol. The topological polar surface area (TPSA) is 35.0 Å². The zero-order chi connectivity index (χ0) is 27.6. The van der Waals surface area contributed by atoms with Gasteiger partial charge in [-0.15, -0.1) is 0 Å². The first kappa shape index (κ1) is 41.6. The van der Waals surface area contributed by atoms with E-state index in [2.05, 4.69) is 29.8 Å². The summed E-state index contributed by atoms with van der Waals surface area (Å²) in [6.45, 7) is 4.61. The molecule has 0 aromatic carbocycles. The van der Waals surface area contributed by atoms with Gasteiger partial charge >= 0.3 is 0 Å². The van der Waals surface area contributed by atoms with E-state index in [-0.39, 0.29) is 6.15 Å². The van der Waals surface area contributed by atoms with Crippen molar-refractivity contribution < 1.29 is 0 Å². The molecule has 0 spiro atoms. The molecule has 0 saturated heterocycles. The van der Waals surface area contributed by atoms with E-state index >= 15 is 0 Å². The lowest BCUT2D eigenvalue weighted by Gasteiger charge is -2.09. The van der Waals surface area contributed by atoms with E-state index in [0.717, 1.165) is 4.83 Å². The van der Waals surface area contributed by atoms with Gasteiger partial charge in [-0.05, 0) is 12.8 Å². The molecule has 2 heteroatoms. The van der Waals surface area contributed by atoms with Gasteiger partial charge in [0.15, 0.2) is 0 Å². The summed E-state index contributed by atoms with van der Waals surface area (Å²) in [5, 5.41) is 0. The molecule has 0 heterocycles. The molecule has 0 unspecified atom stereocenters. The summed E-state index contributed by atoms with van der Waals surface area (Å²) < 4.78 is 0. The Labute approximate surface area is 258 Å². The molecule has 0 radical (unpaired) electrons. The zero-order valence-corrected chi connectivity index (χ0v) is 29.3. The Balaban J connectivity index is 0. The molecule has 0 rings (SSSR count). The Bertz CT molecular complexity index is 363. The number of halogens is 1. The fourth-order valence-electron chi connectivity index (χ4n) is 5.97. The van der Waals surface area contributed by atoms with Gasteiger partial charge in [0.05, 0.1) is 0 Å². The van der Waals surface area contributed by atoms with Crippen LogP contribution >= 0.6 is 15.9 Å². The van der Waals surface area contributed by atoms with Crippen LogP contribution < -0.4 is 6.15 Å². The van der Waals surface area contributed by atoms with Gasteiger partial charge in [0.2, 0.25) is 0 Å². The Kier molecular flexibility index (Phi) is 41.0. The SMILES string of the molecule is CCCCCCCCCCCCCCCCCCC(Br)CCCCCCCCCCCCCCCCCC.N. The largest absolute Gasteiger partial charge is 0.344 e. The lowest BCUT2D eigenvalue weighted by molar-refractivity contribution is 0.516. The van der Waals surface area contributed by atoms with E-state index in [9.17, 15) is 0 Å². The van der Waals surface area contributed by atoms with Crippen LogP contribution in [0.3, 0.4) is 0 Å². The van der Waals surface area contributed by atoms with E-state index in [1.807, 2.05) is 0 Å². The third-order valence-electron chi connectivity index (χ3n) is 8.74. The molecule has 0 atom stereocenters. The standard InChI is InChI=1S/C37H75Br.H3N/c1-3-5-7-9-11-13-15-17-19-21-23-25-27-29-31-33-35-37(38)36-34-32-30-28-26-24-22-20-18-16-14-12-10-8-6-4-2;/h37H,3-36H2,1-2H3;1H3. The van der Waals surface area contributed by atoms with E-state index in [0.29, 0.717) is 0 Å². The van der Waals surface area contributed by atoms with Gasteiger partial charge in [0.1, 0.15) is 0 Å². The highest BCUT2D eigenvalue weighted by Crippen LogP contribution is 2.20. The summed E-state index contributed by atoms with van der Waals surface area (Å²) in [5.74, 6) is 0. The first-order chi connectivity index (χ1) is 18.8. The van der Waals surface area contributed by atoms with Gasteiger partial charge in [-0.2, -0.15) is 0 Å². The van der Waals surface area contributed by atoms with Crippen LogP contribution in [0.2, 0.25) is 0 Å². The van der Waals surface area contributed by atoms with Gasteiger partial charge in [-0.3, -0.25) is 0 Å². The Morgan fingerprint density at radius 1 is 0.282 bits per heavy atom. The van der Waals surface area contributed by atoms with Crippen LogP contribution in [0.25, 0.3) is 0 Å². The van der Waals surface area contributed by atoms with Gasteiger partial charge in [0.25, 0.3) is 0 Å². The van der Waals surface area contributed by atoms with Gasteiger partial charge in [-0.1, -0.05) is 235 Å². The maximum absolute atomic E-state index is 3.97. The third-order valence-corrected chi connectivity index (χ3v) is 9.66. The van der Waals surface area contributed by atoms with Crippen LogP contribution in [0.5, 0.6) is 0 Å². The molecular weight excluding hydrogens is 538 g/mol. The summed E-state index contributed by atoms with van der Waals surface area (Å²) in [7, 11) is 0. The third kappa shape index (κ3) is 38.4. The van der Waals surface area contributed by atoms with Gasteiger partial charge < -0.3 is 6.15 Å². The van der Waals surface area contributed by atoms with Crippen LogP contribution in [0.1, 0.15) is 232 Å². The van der Waals surface area contributed by atoms with Crippen LogP contribution in [-0.2, 0) is 0 Å². The Morgan fingerprint density at radius 2 is 0.436 bits per heavy atom. The molecule has 0 aromatic rings. The monoisotopic (exact) mass is 616 g/mol. The van der Waals surface area contributed by atoms with Crippen LogP contribution in [0, 0.1) is 0 Å². The van der Waals surface area contributed by atoms with Crippen molar-refractivity contribution in [2.24, 2.45) is 0 Å². The molecule has 0 fully saturated rings. The second-order valence-electron chi connectivity index (χ2n) is 12.8. The first-order valence-electron chi connectivity index (χ1n) is 18.4. The Hall–Kier alpha value is 0.440. The lowest BCUT2D eigenvalue weighted by atomic mass is 10.0. The number of unbranched alkanes of at least 4 members (excludes halogenated alkanes) is 30. The lowest BCUT2D eigenvalue weighted by Crippen LogP contribution is -1.98. The molecular formula is C37H78BrN. The van der Waals surface area contributed by atoms with Crippen LogP contribution in [0.4, 0.5) is 0 Å². The van der Waals surface area contributed by atoms with Crippen molar-refractivity contribution in [2.75, 3.05) is 0 Å². The number of rotatable bonds is 34. The number of alkyl halides is 1. The van der Waals surface area contributed by atoms with Crippen molar-refractivity contribution in [1.29, 1.82) is 0 Å². The zero-order valence-electron chi connectivity index (χ0n) is 27.7. The average molecular weight is 617 g/mol. The fraction of sp³-hybridized carbons (Fsp3) is 1.00. The molecule has 238 valence electrons. The highest BCUT2D eigenvalue weighted by molar-refractivity contribution is 9.09. The normalized spacial score (nSPS) is 11.4. The molecule has 0 aliphatic heterocycles. The summed E-state index contributed by atoms with van der Waals surface area (Å²) in [4.78, 5) is 0.779. The maximum atomic E-state index is 3.97. The average Bonchev–Trinajstić information content (AvgIpc) is 2.92. The van der Waals surface area contributed by atoms with E-state index < -0.39 is 0 Å². The van der Waals surface area contributed by atoms with Crippen molar-refractivity contribution in [3.8, 4) is 0 Å². The highest BCUT2D eigenvalue weighted by Gasteiger charge is 2.04. The van der Waals surface area contributed by atoms with E-state index in [1.165, 1.54) is 218 Å². The second kappa shape index (κ2) is 38.4. The van der Waals surface area contributed by atoms with Crippen molar-refractivity contribution in [3.63, 3.8) is 0 Å². The van der Waals surface area contributed by atoms with Crippen molar-refractivity contribution in [3.05, 3.63) is 0 Å². The molecule has 1 nitrogen and oxygen atoms in total. The molecule has 0 saturated carbocycles. The molecule has 3 N–H and O–H groups in total. The van der Waals surface area contributed by atoms with Gasteiger partial charge in [0, 0.05) is 4.83 Å². The molecule has 39 heavy (non-hydrogen) atoms. The summed E-state index contributed by atoms with van der Waals surface area (Å²) in [6, 6.07) is 0. The Morgan fingerprint density at radius 3 is 0.615 bits per heavy atom. The minimum Gasteiger partial charge on any atom is -0.344 e. The summed E-state index contributed by atoms with van der Waals surface area (Å²) in [6.07, 6.45) is 49.7. The predicted octanol–water partition coefficient (Wildman–Crippen LogP) is 15.2. The van der Waals surface area contributed by atoms with Crippen molar-refractivity contribution >= 4 is 15.9 Å². The fourth-order valence-corrected chi connectivity index (χ4v) is 6.62. The second-order valence-corrected chi connectivity index (χ2v) is 14.1. The van der Waals surface area contributed by atoms with E-state index in [1.54, 1.807) is 0 Å². The summed E-state index contributed by atoms with van der Waals surface area (Å²) in [5.41, 5.74) is 0. The maximum Gasteiger partial charge on any atom is 0.0145 e. The number of hydrogen-bond donors (Lipinski definition) is 1.